The summed E-state index contributed by atoms with van der Waals surface area (Å²) >= 11 is 0. The van der Waals surface area contributed by atoms with E-state index in [2.05, 4.69) is 10.1 Å². The number of hydrogen-bond donors (Lipinski definition) is 2. The van der Waals surface area contributed by atoms with Crippen molar-refractivity contribution in [2.24, 2.45) is 0 Å². The Hall–Kier alpha value is -1.67. The summed E-state index contributed by atoms with van der Waals surface area (Å²) in [4.78, 5) is 32.9. The molecule has 1 rings (SSSR count). The second-order valence-corrected chi connectivity index (χ2v) is 5.21. The lowest BCUT2D eigenvalue weighted by Crippen LogP contribution is -2.53. The molecule has 0 bridgehead atoms. The number of hydrogen-bond acceptors (Lipinski definition) is 6. The zero-order chi connectivity index (χ0) is 17.7. The van der Waals surface area contributed by atoms with E-state index in [1.54, 1.807) is 7.11 Å². The Kier molecular flexibility index (Phi) is 11.0. The van der Waals surface area contributed by atoms with Crippen LogP contribution in [0.25, 0.3) is 0 Å². The SMILES string of the molecule is COCCC(=O)NC1(C(=O)OC)CCCC1.COCCC(=O)O. The molecule has 1 fully saturated rings. The van der Waals surface area contributed by atoms with Crippen LogP contribution in [0.3, 0.4) is 0 Å². The van der Waals surface area contributed by atoms with E-state index in [0.717, 1.165) is 12.8 Å². The summed E-state index contributed by atoms with van der Waals surface area (Å²) in [6.45, 7) is 0.665. The van der Waals surface area contributed by atoms with Gasteiger partial charge in [-0.05, 0) is 12.8 Å². The Bertz CT molecular complexity index is 378. The number of carboxylic acids is 1. The largest absolute Gasteiger partial charge is 0.481 e. The number of nitrogens with one attached hydrogen (secondary N) is 1. The molecule has 0 atom stereocenters. The summed E-state index contributed by atoms with van der Waals surface area (Å²) in [6, 6.07) is 0. The summed E-state index contributed by atoms with van der Waals surface area (Å²) in [5, 5.41) is 10.7. The average Bonchev–Trinajstić information content (AvgIpc) is 3.00. The first-order valence-electron chi connectivity index (χ1n) is 7.51. The molecule has 0 heterocycles. The monoisotopic (exact) mass is 333 g/mol. The van der Waals surface area contributed by atoms with Crippen LogP contribution >= 0.6 is 0 Å². The van der Waals surface area contributed by atoms with Gasteiger partial charge in [0.25, 0.3) is 0 Å². The van der Waals surface area contributed by atoms with Crippen molar-refractivity contribution in [3.8, 4) is 0 Å². The van der Waals surface area contributed by atoms with E-state index in [0.29, 0.717) is 26.1 Å². The van der Waals surface area contributed by atoms with Gasteiger partial charge in [0, 0.05) is 20.6 Å². The van der Waals surface area contributed by atoms with Crippen LogP contribution in [0, 0.1) is 0 Å². The van der Waals surface area contributed by atoms with Gasteiger partial charge in [-0.15, -0.1) is 0 Å². The van der Waals surface area contributed by atoms with Gasteiger partial charge in [-0.2, -0.15) is 0 Å². The Morgan fingerprint density at radius 2 is 1.52 bits per heavy atom. The molecule has 0 spiro atoms. The van der Waals surface area contributed by atoms with Crippen molar-refractivity contribution in [3.63, 3.8) is 0 Å². The molecule has 1 amide bonds. The zero-order valence-electron chi connectivity index (χ0n) is 14.1. The van der Waals surface area contributed by atoms with E-state index in [9.17, 15) is 14.4 Å². The first-order valence-corrected chi connectivity index (χ1v) is 7.51. The predicted molar refractivity (Wildman–Crippen MR) is 82.0 cm³/mol. The van der Waals surface area contributed by atoms with Crippen molar-refractivity contribution < 1.29 is 33.7 Å². The lowest BCUT2D eigenvalue weighted by molar-refractivity contribution is -0.150. The number of esters is 1. The molecule has 8 nitrogen and oxygen atoms in total. The highest BCUT2D eigenvalue weighted by molar-refractivity contribution is 5.88. The lowest BCUT2D eigenvalue weighted by atomic mass is 9.97. The van der Waals surface area contributed by atoms with E-state index < -0.39 is 11.5 Å². The number of carboxylic acid groups (broad SMARTS) is 1. The van der Waals surface area contributed by atoms with Crippen molar-refractivity contribution in [1.29, 1.82) is 0 Å². The number of methoxy groups -OCH3 is 3. The topological polar surface area (TPSA) is 111 Å². The molecule has 0 saturated heterocycles. The molecule has 1 aliphatic carbocycles. The average molecular weight is 333 g/mol. The van der Waals surface area contributed by atoms with Gasteiger partial charge in [0.05, 0.1) is 26.7 Å². The van der Waals surface area contributed by atoms with Gasteiger partial charge in [0.2, 0.25) is 5.91 Å². The third-order valence-electron chi connectivity index (χ3n) is 3.47. The van der Waals surface area contributed by atoms with Crippen molar-refractivity contribution in [2.45, 2.75) is 44.1 Å². The highest BCUT2D eigenvalue weighted by Crippen LogP contribution is 2.30. The Morgan fingerprint density at radius 3 is 1.91 bits per heavy atom. The molecule has 1 aliphatic rings. The Balaban J connectivity index is 0.000000585. The number of rotatable bonds is 8. The van der Waals surface area contributed by atoms with Crippen molar-refractivity contribution in [2.75, 3.05) is 34.5 Å². The molecule has 0 aromatic rings. The lowest BCUT2D eigenvalue weighted by Gasteiger charge is -2.27. The van der Waals surface area contributed by atoms with Crippen LogP contribution in [-0.2, 0) is 28.6 Å². The molecule has 0 unspecified atom stereocenters. The van der Waals surface area contributed by atoms with Gasteiger partial charge in [-0.3, -0.25) is 9.59 Å². The van der Waals surface area contributed by atoms with Crippen molar-refractivity contribution in [3.05, 3.63) is 0 Å². The standard InChI is InChI=1S/C11H19NO4.C4H8O3/c1-15-8-5-9(13)12-11(10(14)16-2)6-3-4-7-11;1-7-3-2-4(5)6/h3-8H2,1-2H3,(H,12,13);2-3H2,1H3,(H,5,6). The highest BCUT2D eigenvalue weighted by atomic mass is 16.5. The molecule has 0 radical (unpaired) electrons. The molecule has 0 aliphatic heterocycles. The second kappa shape index (κ2) is 11.8. The summed E-state index contributed by atoms with van der Waals surface area (Å²) in [7, 11) is 4.37. The molecule has 23 heavy (non-hydrogen) atoms. The van der Waals surface area contributed by atoms with Gasteiger partial charge in [0.1, 0.15) is 5.54 Å². The van der Waals surface area contributed by atoms with Crippen LogP contribution in [0.15, 0.2) is 0 Å². The normalized spacial score (nSPS) is 15.3. The van der Waals surface area contributed by atoms with Gasteiger partial charge in [-0.25, -0.2) is 4.79 Å². The fourth-order valence-electron chi connectivity index (χ4n) is 2.27. The van der Waals surface area contributed by atoms with E-state index in [4.69, 9.17) is 14.6 Å². The Labute approximate surface area is 136 Å². The molecular formula is C15H27NO7. The number of carbonyl (C=O) groups excluding carboxylic acids is 2. The van der Waals surface area contributed by atoms with Gasteiger partial charge < -0.3 is 24.6 Å². The second-order valence-electron chi connectivity index (χ2n) is 5.21. The Morgan fingerprint density at radius 1 is 1.00 bits per heavy atom. The maximum absolute atomic E-state index is 11.7. The van der Waals surface area contributed by atoms with Crippen LogP contribution in [0.2, 0.25) is 0 Å². The minimum absolute atomic E-state index is 0.0938. The quantitative estimate of drug-likeness (QED) is 0.630. The smallest absolute Gasteiger partial charge is 0.331 e. The fourth-order valence-corrected chi connectivity index (χ4v) is 2.27. The van der Waals surface area contributed by atoms with E-state index in [1.807, 2.05) is 0 Å². The number of amides is 1. The summed E-state index contributed by atoms with van der Waals surface area (Å²) < 4.78 is 14.0. The van der Waals surface area contributed by atoms with Crippen LogP contribution in [0.1, 0.15) is 38.5 Å². The first-order chi connectivity index (χ1) is 10.9. The highest BCUT2D eigenvalue weighted by Gasteiger charge is 2.43. The maximum Gasteiger partial charge on any atom is 0.331 e. The predicted octanol–water partition coefficient (Wildman–Crippen LogP) is 0.732. The number of ether oxygens (including phenoxy) is 3. The zero-order valence-corrected chi connectivity index (χ0v) is 14.1. The fraction of sp³-hybridized carbons (Fsp3) is 0.800. The summed E-state index contributed by atoms with van der Waals surface area (Å²) in [5.74, 6) is -1.31. The van der Waals surface area contributed by atoms with Crippen LogP contribution in [0.5, 0.6) is 0 Å². The van der Waals surface area contributed by atoms with Gasteiger partial charge in [0.15, 0.2) is 0 Å². The van der Waals surface area contributed by atoms with Crippen LogP contribution in [0.4, 0.5) is 0 Å². The van der Waals surface area contributed by atoms with Gasteiger partial charge in [-0.1, -0.05) is 12.8 Å². The number of aliphatic carboxylic acids is 1. The summed E-state index contributed by atoms with van der Waals surface area (Å²) in [5.41, 5.74) is -0.792. The molecule has 8 heteroatoms. The summed E-state index contributed by atoms with van der Waals surface area (Å²) in [6.07, 6.45) is 3.59. The maximum atomic E-state index is 11.7. The van der Waals surface area contributed by atoms with Crippen molar-refractivity contribution in [1.82, 2.24) is 5.32 Å². The van der Waals surface area contributed by atoms with Crippen LogP contribution in [-0.4, -0.2) is 63.0 Å². The molecule has 1 saturated carbocycles. The minimum atomic E-state index is -0.818. The third kappa shape index (κ3) is 8.51. The molecular weight excluding hydrogens is 306 g/mol. The first kappa shape index (κ1) is 21.3. The minimum Gasteiger partial charge on any atom is -0.481 e. The van der Waals surface area contributed by atoms with Crippen molar-refractivity contribution >= 4 is 17.8 Å². The molecule has 134 valence electrons. The van der Waals surface area contributed by atoms with Crippen LogP contribution < -0.4 is 5.32 Å². The van der Waals surface area contributed by atoms with E-state index in [1.165, 1.54) is 14.2 Å². The molecule has 2 N–H and O–H groups in total. The molecule has 0 aromatic heterocycles. The third-order valence-corrected chi connectivity index (χ3v) is 3.47. The van der Waals surface area contributed by atoms with Gasteiger partial charge >= 0.3 is 11.9 Å². The van der Waals surface area contributed by atoms with E-state index >= 15 is 0 Å². The molecule has 0 aromatic carbocycles. The van der Waals surface area contributed by atoms with E-state index in [-0.39, 0.29) is 24.7 Å². The number of carbonyl (C=O) groups is 3.